The topological polar surface area (TPSA) is 66.2 Å². The Morgan fingerprint density at radius 2 is 1.80 bits per heavy atom. The number of benzene rings is 1. The first-order valence-electron chi connectivity index (χ1n) is 9.60. The van der Waals surface area contributed by atoms with Crippen molar-refractivity contribution in [2.45, 2.75) is 12.1 Å². The van der Waals surface area contributed by atoms with Gasteiger partial charge in [0.1, 0.15) is 11.8 Å². The molecule has 0 aliphatic carbocycles. The Kier molecular flexibility index (Phi) is 4.65. The van der Waals surface area contributed by atoms with E-state index in [1.54, 1.807) is 24.5 Å². The average molecular weight is 414 g/mol. The van der Waals surface area contributed by atoms with Crippen LogP contribution in [-0.2, 0) is 0 Å². The van der Waals surface area contributed by atoms with E-state index in [1.807, 2.05) is 65.8 Å². The number of rotatable bonds is 4. The van der Waals surface area contributed by atoms with E-state index >= 15 is 0 Å². The van der Waals surface area contributed by atoms with Gasteiger partial charge in [0.2, 0.25) is 0 Å². The second-order valence-corrected chi connectivity index (χ2v) is 7.39. The minimum Gasteiger partial charge on any atom is -0.506 e. The van der Waals surface area contributed by atoms with Crippen molar-refractivity contribution in [2.24, 2.45) is 0 Å². The summed E-state index contributed by atoms with van der Waals surface area (Å²) < 4.78 is 2.09. The van der Waals surface area contributed by atoms with Crippen molar-refractivity contribution in [3.05, 3.63) is 103 Å². The third kappa shape index (κ3) is 3.09. The molecule has 148 valence electrons. The number of pyridine rings is 2. The van der Waals surface area contributed by atoms with Crippen molar-refractivity contribution in [1.29, 1.82) is 0 Å². The van der Waals surface area contributed by atoms with Crippen LogP contribution < -0.4 is 10.2 Å². The predicted octanol–water partition coefficient (Wildman–Crippen LogP) is 4.15. The van der Waals surface area contributed by atoms with Crippen LogP contribution >= 0.6 is 12.2 Å². The van der Waals surface area contributed by atoms with Gasteiger partial charge in [-0.2, -0.15) is 0 Å². The Morgan fingerprint density at radius 3 is 2.57 bits per heavy atom. The van der Waals surface area contributed by atoms with Crippen LogP contribution in [0.15, 0.2) is 91.5 Å². The number of hydrogen-bond donors (Lipinski definition) is 2. The number of thiocarbonyl (C=S) groups is 1. The minimum atomic E-state index is -0.226. The van der Waals surface area contributed by atoms with Gasteiger partial charge in [-0.3, -0.25) is 9.97 Å². The Morgan fingerprint density at radius 1 is 0.933 bits per heavy atom. The van der Waals surface area contributed by atoms with Crippen LogP contribution in [0.4, 0.5) is 5.69 Å². The molecular formula is C23H19N5OS. The fourth-order valence-corrected chi connectivity index (χ4v) is 4.29. The second kappa shape index (κ2) is 7.61. The van der Waals surface area contributed by atoms with Crippen molar-refractivity contribution >= 4 is 23.0 Å². The first-order chi connectivity index (χ1) is 14.7. The quantitative estimate of drug-likeness (QED) is 0.490. The molecule has 1 saturated heterocycles. The summed E-state index contributed by atoms with van der Waals surface area (Å²) in [6.07, 6.45) is 7.36. The highest BCUT2D eigenvalue weighted by Gasteiger charge is 2.42. The molecule has 6 nitrogen and oxygen atoms in total. The van der Waals surface area contributed by atoms with Gasteiger partial charge in [-0.25, -0.2) is 0 Å². The fourth-order valence-electron chi connectivity index (χ4n) is 3.95. The van der Waals surface area contributed by atoms with E-state index in [1.165, 1.54) is 0 Å². The summed E-state index contributed by atoms with van der Waals surface area (Å²) in [6, 6.07) is 20.6. The first-order valence-corrected chi connectivity index (χ1v) is 10.0. The van der Waals surface area contributed by atoms with Gasteiger partial charge >= 0.3 is 0 Å². The molecule has 1 fully saturated rings. The molecule has 5 rings (SSSR count). The predicted molar refractivity (Wildman–Crippen MR) is 120 cm³/mol. The molecule has 1 aromatic carbocycles. The number of nitrogens with one attached hydrogen (secondary N) is 1. The molecule has 0 unspecified atom stereocenters. The van der Waals surface area contributed by atoms with Gasteiger partial charge in [0.05, 0.1) is 29.3 Å². The summed E-state index contributed by atoms with van der Waals surface area (Å²) in [5.74, 6) is 0.174. The molecule has 3 aromatic heterocycles. The molecular weight excluding hydrogens is 394 g/mol. The smallest absolute Gasteiger partial charge is 0.174 e. The van der Waals surface area contributed by atoms with E-state index in [9.17, 15) is 5.11 Å². The molecule has 0 spiro atoms. The zero-order valence-electron chi connectivity index (χ0n) is 16.0. The Balaban J connectivity index is 1.69. The maximum Gasteiger partial charge on any atom is 0.174 e. The number of aromatic hydroxyl groups is 1. The number of anilines is 1. The highest BCUT2D eigenvalue weighted by atomic mass is 32.1. The summed E-state index contributed by atoms with van der Waals surface area (Å²) in [7, 11) is 0. The van der Waals surface area contributed by atoms with Crippen LogP contribution in [0, 0.1) is 0 Å². The van der Waals surface area contributed by atoms with Gasteiger partial charge in [-0.15, -0.1) is 0 Å². The van der Waals surface area contributed by atoms with Crippen LogP contribution in [0.5, 0.6) is 5.75 Å². The van der Waals surface area contributed by atoms with Crippen molar-refractivity contribution in [3.63, 3.8) is 0 Å². The fraction of sp³-hybridized carbons (Fsp3) is 0.0870. The minimum absolute atomic E-state index is 0.174. The lowest BCUT2D eigenvalue weighted by molar-refractivity contribution is 0.472. The Hall–Kier alpha value is -3.71. The van der Waals surface area contributed by atoms with Gasteiger partial charge in [-0.05, 0) is 60.7 Å². The van der Waals surface area contributed by atoms with Gasteiger partial charge in [0.25, 0.3) is 0 Å². The molecule has 0 bridgehead atoms. The summed E-state index contributed by atoms with van der Waals surface area (Å²) in [5, 5.41) is 14.5. The zero-order chi connectivity index (χ0) is 20.5. The van der Waals surface area contributed by atoms with Crippen molar-refractivity contribution in [1.82, 2.24) is 19.9 Å². The maximum absolute atomic E-state index is 10.6. The third-order valence-electron chi connectivity index (χ3n) is 5.25. The number of aromatic nitrogens is 3. The lowest BCUT2D eigenvalue weighted by atomic mass is 10.0. The maximum atomic E-state index is 10.6. The second-order valence-electron chi connectivity index (χ2n) is 7.00. The lowest BCUT2D eigenvalue weighted by Crippen LogP contribution is -2.30. The summed E-state index contributed by atoms with van der Waals surface area (Å²) in [4.78, 5) is 10.8. The summed E-state index contributed by atoms with van der Waals surface area (Å²) in [6.45, 7) is 0. The van der Waals surface area contributed by atoms with Crippen LogP contribution in [0.1, 0.15) is 23.5 Å². The van der Waals surface area contributed by atoms with E-state index in [0.29, 0.717) is 10.8 Å². The van der Waals surface area contributed by atoms with E-state index in [2.05, 4.69) is 25.9 Å². The van der Waals surface area contributed by atoms with E-state index in [-0.39, 0.29) is 17.8 Å². The average Bonchev–Trinajstić information content (AvgIpc) is 3.40. The molecule has 0 radical (unpaired) electrons. The monoisotopic (exact) mass is 413 g/mol. The molecule has 0 amide bonds. The zero-order valence-corrected chi connectivity index (χ0v) is 16.8. The van der Waals surface area contributed by atoms with Crippen molar-refractivity contribution in [2.75, 3.05) is 4.90 Å². The van der Waals surface area contributed by atoms with Gasteiger partial charge in [0.15, 0.2) is 5.11 Å². The van der Waals surface area contributed by atoms with Gasteiger partial charge < -0.3 is 19.9 Å². The molecule has 2 atom stereocenters. The highest BCUT2D eigenvalue weighted by Crippen LogP contribution is 2.44. The normalized spacial score (nSPS) is 18.4. The van der Waals surface area contributed by atoms with Crippen LogP contribution in [0.25, 0.3) is 5.69 Å². The van der Waals surface area contributed by atoms with Gasteiger partial charge in [-0.1, -0.05) is 18.2 Å². The Bertz CT molecular complexity index is 1180. The molecule has 2 N–H and O–H groups in total. The van der Waals surface area contributed by atoms with Crippen LogP contribution in [-0.4, -0.2) is 24.8 Å². The first kappa shape index (κ1) is 18.3. The lowest BCUT2D eigenvalue weighted by Gasteiger charge is -2.29. The molecule has 1 aliphatic heterocycles. The van der Waals surface area contributed by atoms with Crippen molar-refractivity contribution < 1.29 is 5.11 Å². The summed E-state index contributed by atoms with van der Waals surface area (Å²) >= 11 is 5.72. The molecule has 7 heteroatoms. The molecule has 30 heavy (non-hydrogen) atoms. The van der Waals surface area contributed by atoms with E-state index in [0.717, 1.165) is 17.1 Å². The largest absolute Gasteiger partial charge is 0.506 e. The van der Waals surface area contributed by atoms with Crippen LogP contribution in [0.3, 0.4) is 0 Å². The highest BCUT2D eigenvalue weighted by molar-refractivity contribution is 7.80. The van der Waals surface area contributed by atoms with Gasteiger partial charge in [0, 0.05) is 24.3 Å². The molecule has 4 aromatic rings. The molecule has 1 aliphatic rings. The number of hydrogen-bond acceptors (Lipinski definition) is 4. The Labute approximate surface area is 179 Å². The third-order valence-corrected chi connectivity index (χ3v) is 5.56. The van der Waals surface area contributed by atoms with E-state index in [4.69, 9.17) is 12.2 Å². The number of para-hydroxylation sites is 2. The standard InChI is InChI=1S/C23H19N5OS/c29-20-11-2-1-9-18(20)28-22(21(26-23(28)30)17-8-3-4-13-25-17)19-10-6-14-27(19)16-7-5-12-24-15-16/h1-15,21-22,29H,(H,26,30)/t21-,22+/m1/s1. The number of phenols is 1. The summed E-state index contributed by atoms with van der Waals surface area (Å²) in [5.41, 5.74) is 3.49. The molecule has 4 heterocycles. The van der Waals surface area contributed by atoms with Crippen molar-refractivity contribution in [3.8, 4) is 11.4 Å². The van der Waals surface area contributed by atoms with E-state index < -0.39 is 0 Å². The SMILES string of the molecule is Oc1ccccc1N1C(=S)N[C@H](c2ccccn2)[C@@H]1c1cccn1-c1cccnc1. The van der Waals surface area contributed by atoms with Crippen LogP contribution in [0.2, 0.25) is 0 Å². The number of nitrogens with zero attached hydrogens (tertiary/aromatic N) is 4. The molecule has 0 saturated carbocycles. The number of phenolic OH excluding ortho intramolecular Hbond substituents is 1.